The fourth-order valence-electron chi connectivity index (χ4n) is 1.94. The minimum absolute atomic E-state index is 0.0811. The lowest BCUT2D eigenvalue weighted by molar-refractivity contribution is 0.325. The van der Waals surface area contributed by atoms with Crippen molar-refractivity contribution in [3.05, 3.63) is 33.1 Å². The van der Waals surface area contributed by atoms with E-state index in [1.165, 1.54) is 0 Å². The van der Waals surface area contributed by atoms with Crippen LogP contribution < -0.4 is 15.1 Å². The van der Waals surface area contributed by atoms with E-state index >= 15 is 0 Å². The first-order chi connectivity index (χ1) is 9.08. The van der Waals surface area contributed by atoms with Crippen LogP contribution in [-0.4, -0.2) is 13.2 Å². The summed E-state index contributed by atoms with van der Waals surface area (Å²) in [6.45, 7) is 6.56. The van der Waals surface area contributed by atoms with Gasteiger partial charge in [0.15, 0.2) is 0 Å². The molecule has 5 heteroatoms. The van der Waals surface area contributed by atoms with Crippen LogP contribution in [0.15, 0.2) is 21.3 Å². The van der Waals surface area contributed by atoms with Crippen molar-refractivity contribution in [3.63, 3.8) is 0 Å². The zero-order valence-corrected chi connectivity index (χ0v) is 11.8. The molecule has 1 heterocycles. The van der Waals surface area contributed by atoms with E-state index in [9.17, 15) is 4.79 Å². The Morgan fingerprint density at radius 2 is 1.89 bits per heavy atom. The van der Waals surface area contributed by atoms with Crippen LogP contribution >= 0.6 is 11.6 Å². The molecule has 19 heavy (non-hydrogen) atoms. The van der Waals surface area contributed by atoms with Crippen LogP contribution in [0.2, 0.25) is 5.02 Å². The Hall–Kier alpha value is -1.68. The summed E-state index contributed by atoms with van der Waals surface area (Å²) < 4.78 is 16.2. The Kier molecular flexibility index (Phi) is 4.00. The minimum Gasteiger partial charge on any atom is -0.494 e. The van der Waals surface area contributed by atoms with Crippen molar-refractivity contribution in [2.24, 2.45) is 0 Å². The Morgan fingerprint density at radius 1 is 1.21 bits per heavy atom. The van der Waals surface area contributed by atoms with Gasteiger partial charge in [-0.25, -0.2) is 4.79 Å². The van der Waals surface area contributed by atoms with Crippen LogP contribution in [0.5, 0.6) is 11.5 Å². The Morgan fingerprint density at radius 3 is 2.53 bits per heavy atom. The molecule has 2 aromatic rings. The molecule has 0 spiro atoms. The van der Waals surface area contributed by atoms with Crippen LogP contribution in [0, 0.1) is 6.92 Å². The molecular formula is C14H15ClO4. The van der Waals surface area contributed by atoms with Crippen LogP contribution in [0.1, 0.15) is 19.4 Å². The normalized spacial score (nSPS) is 10.7. The van der Waals surface area contributed by atoms with Gasteiger partial charge in [-0.2, -0.15) is 0 Å². The van der Waals surface area contributed by atoms with Crippen LogP contribution in [0.4, 0.5) is 0 Å². The van der Waals surface area contributed by atoms with E-state index in [1.54, 1.807) is 19.1 Å². The van der Waals surface area contributed by atoms with Crippen molar-refractivity contribution in [1.82, 2.24) is 0 Å². The maximum atomic E-state index is 11.6. The second-order valence-corrected chi connectivity index (χ2v) is 4.37. The Balaban J connectivity index is 2.79. The molecule has 0 aliphatic carbocycles. The lowest BCUT2D eigenvalue weighted by atomic mass is 10.1. The maximum absolute atomic E-state index is 11.6. The first-order valence-electron chi connectivity index (χ1n) is 6.11. The Labute approximate surface area is 115 Å². The second-order valence-electron chi connectivity index (χ2n) is 3.99. The predicted octanol–water partition coefficient (Wildman–Crippen LogP) is 3.55. The molecule has 0 fully saturated rings. The van der Waals surface area contributed by atoms with Gasteiger partial charge in [0.2, 0.25) is 0 Å². The van der Waals surface area contributed by atoms with Crippen LogP contribution in [-0.2, 0) is 0 Å². The van der Waals surface area contributed by atoms with Gasteiger partial charge in [0, 0.05) is 12.1 Å². The highest BCUT2D eigenvalue weighted by Gasteiger charge is 2.15. The zero-order chi connectivity index (χ0) is 14.0. The zero-order valence-electron chi connectivity index (χ0n) is 11.1. The Bertz CT molecular complexity index is 661. The van der Waals surface area contributed by atoms with E-state index in [0.29, 0.717) is 41.2 Å². The average molecular weight is 283 g/mol. The highest BCUT2D eigenvalue weighted by atomic mass is 35.5. The predicted molar refractivity (Wildman–Crippen MR) is 74.6 cm³/mol. The van der Waals surface area contributed by atoms with Gasteiger partial charge >= 0.3 is 5.63 Å². The molecule has 2 rings (SSSR count). The molecule has 1 aromatic heterocycles. The van der Waals surface area contributed by atoms with E-state index in [0.717, 1.165) is 0 Å². The molecule has 0 amide bonds. The monoisotopic (exact) mass is 282 g/mol. The molecule has 0 saturated heterocycles. The first kappa shape index (κ1) is 13.7. The lowest BCUT2D eigenvalue weighted by Gasteiger charge is -2.12. The molecule has 0 radical (unpaired) electrons. The third kappa shape index (κ3) is 2.54. The van der Waals surface area contributed by atoms with Gasteiger partial charge in [0.1, 0.15) is 22.1 Å². The van der Waals surface area contributed by atoms with Crippen LogP contribution in [0.25, 0.3) is 11.0 Å². The number of benzene rings is 1. The fourth-order valence-corrected chi connectivity index (χ4v) is 2.08. The summed E-state index contributed by atoms with van der Waals surface area (Å²) >= 11 is 5.94. The smallest absolute Gasteiger partial charge is 0.355 e. The molecule has 0 aliphatic heterocycles. The lowest BCUT2D eigenvalue weighted by Crippen LogP contribution is -2.04. The highest BCUT2D eigenvalue weighted by Crippen LogP contribution is 2.35. The third-order valence-corrected chi connectivity index (χ3v) is 3.17. The van der Waals surface area contributed by atoms with Crippen molar-refractivity contribution in [2.45, 2.75) is 20.8 Å². The molecule has 0 N–H and O–H groups in total. The summed E-state index contributed by atoms with van der Waals surface area (Å²) in [6.07, 6.45) is 0. The summed E-state index contributed by atoms with van der Waals surface area (Å²) in [5, 5.41) is 0.785. The summed E-state index contributed by atoms with van der Waals surface area (Å²) in [4.78, 5) is 11.6. The second kappa shape index (κ2) is 5.53. The highest BCUT2D eigenvalue weighted by molar-refractivity contribution is 6.32. The number of ether oxygens (including phenoxy) is 2. The molecule has 1 aromatic carbocycles. The van der Waals surface area contributed by atoms with Crippen molar-refractivity contribution in [1.29, 1.82) is 0 Å². The van der Waals surface area contributed by atoms with Crippen molar-refractivity contribution in [3.8, 4) is 11.5 Å². The number of aryl methyl sites for hydroxylation is 1. The SMILES string of the molecule is CCOc1cc(OCC)c2c(C)c(Cl)c(=O)oc2c1. The van der Waals surface area contributed by atoms with Crippen LogP contribution in [0.3, 0.4) is 0 Å². The number of fused-ring (bicyclic) bond motifs is 1. The summed E-state index contributed by atoms with van der Waals surface area (Å²) in [5.41, 5.74) is 0.517. The number of hydrogen-bond donors (Lipinski definition) is 0. The van der Waals surface area contributed by atoms with E-state index in [2.05, 4.69) is 0 Å². The number of hydrogen-bond acceptors (Lipinski definition) is 4. The van der Waals surface area contributed by atoms with E-state index in [-0.39, 0.29) is 5.02 Å². The maximum Gasteiger partial charge on any atom is 0.355 e. The van der Waals surface area contributed by atoms with Gasteiger partial charge in [-0.1, -0.05) is 11.6 Å². The molecule has 0 unspecified atom stereocenters. The standard InChI is InChI=1S/C14H15ClO4/c1-4-17-9-6-10(18-5-2)12-8(3)13(15)14(16)19-11(12)7-9/h6-7H,4-5H2,1-3H3. The van der Waals surface area contributed by atoms with E-state index < -0.39 is 5.63 Å². The topological polar surface area (TPSA) is 48.7 Å². The summed E-state index contributed by atoms with van der Waals surface area (Å²) in [5.74, 6) is 1.20. The van der Waals surface area contributed by atoms with Gasteiger partial charge in [0.25, 0.3) is 0 Å². The molecular weight excluding hydrogens is 268 g/mol. The van der Waals surface area contributed by atoms with Crippen molar-refractivity contribution < 1.29 is 13.9 Å². The average Bonchev–Trinajstić information content (AvgIpc) is 2.36. The molecule has 4 nitrogen and oxygen atoms in total. The number of rotatable bonds is 4. The van der Waals surface area contributed by atoms with Crippen molar-refractivity contribution in [2.75, 3.05) is 13.2 Å². The third-order valence-electron chi connectivity index (χ3n) is 2.74. The fraction of sp³-hybridized carbons (Fsp3) is 0.357. The van der Waals surface area contributed by atoms with Gasteiger partial charge in [0.05, 0.1) is 18.6 Å². The summed E-state index contributed by atoms with van der Waals surface area (Å²) in [7, 11) is 0. The van der Waals surface area contributed by atoms with Gasteiger partial charge in [-0.3, -0.25) is 0 Å². The summed E-state index contributed by atoms with van der Waals surface area (Å²) in [6, 6.07) is 3.45. The molecule has 0 atom stereocenters. The molecule has 0 aliphatic rings. The number of halogens is 1. The molecule has 0 saturated carbocycles. The van der Waals surface area contributed by atoms with E-state index in [4.69, 9.17) is 25.5 Å². The first-order valence-corrected chi connectivity index (χ1v) is 6.48. The van der Waals surface area contributed by atoms with Crippen molar-refractivity contribution >= 4 is 22.6 Å². The molecule has 102 valence electrons. The van der Waals surface area contributed by atoms with Gasteiger partial charge in [-0.05, 0) is 26.3 Å². The minimum atomic E-state index is -0.553. The largest absolute Gasteiger partial charge is 0.494 e. The van der Waals surface area contributed by atoms with E-state index in [1.807, 2.05) is 13.8 Å². The van der Waals surface area contributed by atoms with Gasteiger partial charge < -0.3 is 13.9 Å². The van der Waals surface area contributed by atoms with Gasteiger partial charge in [-0.15, -0.1) is 0 Å². The quantitative estimate of drug-likeness (QED) is 0.805. The molecule has 0 bridgehead atoms.